The van der Waals surface area contributed by atoms with Gasteiger partial charge in [-0.3, -0.25) is 0 Å². The molecular weight excluding hydrogens is 220 g/mol. The Morgan fingerprint density at radius 3 is 2.24 bits per heavy atom. The molecule has 1 nitrogen and oxygen atoms in total. The van der Waals surface area contributed by atoms with Gasteiger partial charge < -0.3 is 5.32 Å². The molecule has 1 aromatic carbocycles. The first-order valence-electron chi connectivity index (χ1n) is 6.07. The van der Waals surface area contributed by atoms with Gasteiger partial charge in [0.25, 0.3) is 0 Å². The number of nitrogens with one attached hydrogen (secondary N) is 1. The molecule has 1 aliphatic rings. The smallest absolute Gasteiger partial charge is 0.126 e. The van der Waals surface area contributed by atoms with E-state index in [0.29, 0.717) is 17.3 Å². The van der Waals surface area contributed by atoms with Crippen molar-refractivity contribution in [3.05, 3.63) is 42.0 Å². The second-order valence-electron chi connectivity index (χ2n) is 4.62. The van der Waals surface area contributed by atoms with E-state index in [2.05, 4.69) is 11.9 Å². The molecule has 1 aliphatic carbocycles. The lowest BCUT2D eigenvalue weighted by Crippen LogP contribution is -2.29. The summed E-state index contributed by atoms with van der Waals surface area (Å²) in [6, 6.07) is 3.88. The van der Waals surface area contributed by atoms with Gasteiger partial charge in [-0.2, -0.15) is 0 Å². The Bertz CT molecular complexity index is 388. The average Bonchev–Trinajstić information content (AvgIpc) is 2.29. The average molecular weight is 237 g/mol. The Labute approximate surface area is 101 Å². The van der Waals surface area contributed by atoms with Gasteiger partial charge in [-0.1, -0.05) is 25.8 Å². The van der Waals surface area contributed by atoms with E-state index in [1.165, 1.54) is 31.4 Å². The third-order valence-electron chi connectivity index (χ3n) is 3.19. The van der Waals surface area contributed by atoms with Crippen molar-refractivity contribution in [2.24, 2.45) is 0 Å². The van der Waals surface area contributed by atoms with Gasteiger partial charge in [0.05, 0.1) is 0 Å². The largest absolute Gasteiger partial charge is 0.382 e. The van der Waals surface area contributed by atoms with Crippen LogP contribution in [-0.4, -0.2) is 6.04 Å². The van der Waals surface area contributed by atoms with Gasteiger partial charge in [0.2, 0.25) is 0 Å². The quantitative estimate of drug-likeness (QED) is 0.841. The molecule has 0 aromatic heterocycles. The highest BCUT2D eigenvalue weighted by Crippen LogP contribution is 2.21. The van der Waals surface area contributed by atoms with Crippen molar-refractivity contribution in [1.29, 1.82) is 0 Å². The zero-order valence-corrected chi connectivity index (χ0v) is 9.81. The van der Waals surface area contributed by atoms with E-state index in [1.54, 1.807) is 0 Å². The van der Waals surface area contributed by atoms with Crippen molar-refractivity contribution in [3.8, 4) is 0 Å². The Morgan fingerprint density at radius 1 is 1.06 bits per heavy atom. The summed E-state index contributed by atoms with van der Waals surface area (Å²) in [6.45, 7) is 3.86. The lowest BCUT2D eigenvalue weighted by Gasteiger charge is -2.25. The Hall–Kier alpha value is -1.38. The van der Waals surface area contributed by atoms with Crippen molar-refractivity contribution in [2.45, 2.75) is 38.1 Å². The van der Waals surface area contributed by atoms with Crippen molar-refractivity contribution in [3.63, 3.8) is 0 Å². The number of hydrogen-bond donors (Lipinski definition) is 1. The summed E-state index contributed by atoms with van der Waals surface area (Å²) in [4.78, 5) is 0. The molecule has 1 N–H and O–H groups in total. The van der Waals surface area contributed by atoms with Crippen molar-refractivity contribution in [2.75, 3.05) is 0 Å². The number of halogens is 2. The Morgan fingerprint density at radius 2 is 1.65 bits per heavy atom. The van der Waals surface area contributed by atoms with Crippen LogP contribution in [0, 0.1) is 11.6 Å². The topological polar surface area (TPSA) is 12.0 Å². The Balaban J connectivity index is 2.03. The normalized spacial score (nSPS) is 16.8. The van der Waals surface area contributed by atoms with Crippen LogP contribution in [0.25, 0.3) is 5.70 Å². The fourth-order valence-corrected chi connectivity index (χ4v) is 2.30. The van der Waals surface area contributed by atoms with Gasteiger partial charge in [0.1, 0.15) is 11.6 Å². The fraction of sp³-hybridized carbons (Fsp3) is 0.429. The van der Waals surface area contributed by atoms with Crippen LogP contribution in [0.5, 0.6) is 0 Å². The van der Waals surface area contributed by atoms with E-state index in [4.69, 9.17) is 0 Å². The second kappa shape index (κ2) is 5.30. The summed E-state index contributed by atoms with van der Waals surface area (Å²) in [6.07, 6.45) is 5.91. The van der Waals surface area contributed by atoms with Crippen LogP contribution in [0.2, 0.25) is 0 Å². The third kappa shape index (κ3) is 3.29. The molecule has 2 rings (SSSR count). The molecule has 0 spiro atoms. The van der Waals surface area contributed by atoms with E-state index in [9.17, 15) is 8.78 Å². The van der Waals surface area contributed by atoms with E-state index >= 15 is 0 Å². The highest BCUT2D eigenvalue weighted by atomic mass is 19.1. The highest BCUT2D eigenvalue weighted by molar-refractivity contribution is 5.61. The van der Waals surface area contributed by atoms with Gasteiger partial charge in [0, 0.05) is 23.4 Å². The minimum atomic E-state index is -0.563. The predicted octanol–water partition coefficient (Wildman–Crippen LogP) is 3.86. The van der Waals surface area contributed by atoms with Crippen molar-refractivity contribution < 1.29 is 8.78 Å². The van der Waals surface area contributed by atoms with E-state index in [1.807, 2.05) is 0 Å². The summed E-state index contributed by atoms with van der Waals surface area (Å²) in [7, 11) is 0. The number of hydrogen-bond acceptors (Lipinski definition) is 1. The van der Waals surface area contributed by atoms with Crippen molar-refractivity contribution >= 4 is 5.70 Å². The number of rotatable bonds is 3. The monoisotopic (exact) mass is 237 g/mol. The van der Waals surface area contributed by atoms with Gasteiger partial charge in [-0.15, -0.1) is 0 Å². The van der Waals surface area contributed by atoms with Gasteiger partial charge in [-0.05, 0) is 25.0 Å². The minimum Gasteiger partial charge on any atom is -0.382 e. The standard InChI is InChI=1S/C14H17F2N/c1-10(17-14-5-3-2-4-6-14)11-7-12(15)9-13(16)8-11/h7-9,14,17H,1-6H2. The van der Waals surface area contributed by atoms with Crippen LogP contribution in [0.3, 0.4) is 0 Å². The molecular formula is C14H17F2N. The van der Waals surface area contributed by atoms with Gasteiger partial charge in [-0.25, -0.2) is 8.78 Å². The zero-order chi connectivity index (χ0) is 12.3. The lowest BCUT2D eigenvalue weighted by molar-refractivity contribution is 0.409. The molecule has 0 heterocycles. The molecule has 1 saturated carbocycles. The molecule has 0 unspecified atom stereocenters. The molecule has 1 fully saturated rings. The minimum absolute atomic E-state index is 0.391. The SMILES string of the molecule is C=C(NC1CCCCC1)c1cc(F)cc(F)c1. The summed E-state index contributed by atoms with van der Waals surface area (Å²) < 4.78 is 26.1. The third-order valence-corrected chi connectivity index (χ3v) is 3.19. The summed E-state index contributed by atoms with van der Waals surface area (Å²) in [5.74, 6) is -1.13. The molecule has 1 aromatic rings. The molecule has 3 heteroatoms. The molecule has 17 heavy (non-hydrogen) atoms. The highest BCUT2D eigenvalue weighted by Gasteiger charge is 2.14. The molecule has 0 bridgehead atoms. The summed E-state index contributed by atoms with van der Waals surface area (Å²) in [5, 5.41) is 3.26. The molecule has 0 aliphatic heterocycles. The molecule has 0 atom stereocenters. The zero-order valence-electron chi connectivity index (χ0n) is 9.81. The summed E-state index contributed by atoms with van der Waals surface area (Å²) >= 11 is 0. The maximum Gasteiger partial charge on any atom is 0.126 e. The first-order valence-corrected chi connectivity index (χ1v) is 6.07. The van der Waals surface area contributed by atoms with Crippen molar-refractivity contribution in [1.82, 2.24) is 5.32 Å². The van der Waals surface area contributed by atoms with Crippen LogP contribution >= 0.6 is 0 Å². The van der Waals surface area contributed by atoms with Crippen LogP contribution < -0.4 is 5.32 Å². The van der Waals surface area contributed by atoms with Crippen LogP contribution in [0.15, 0.2) is 24.8 Å². The van der Waals surface area contributed by atoms with E-state index in [-0.39, 0.29) is 0 Å². The first-order chi connectivity index (χ1) is 8.15. The molecule has 0 amide bonds. The van der Waals surface area contributed by atoms with Crippen LogP contribution in [-0.2, 0) is 0 Å². The lowest BCUT2D eigenvalue weighted by atomic mass is 9.95. The molecule has 0 radical (unpaired) electrons. The maximum atomic E-state index is 13.1. The Kier molecular flexibility index (Phi) is 3.77. The number of benzene rings is 1. The first kappa shape index (κ1) is 12.1. The predicted molar refractivity (Wildman–Crippen MR) is 65.4 cm³/mol. The van der Waals surface area contributed by atoms with Crippen LogP contribution in [0.1, 0.15) is 37.7 Å². The van der Waals surface area contributed by atoms with Crippen LogP contribution in [0.4, 0.5) is 8.78 Å². The van der Waals surface area contributed by atoms with Gasteiger partial charge >= 0.3 is 0 Å². The van der Waals surface area contributed by atoms with E-state index in [0.717, 1.165) is 18.9 Å². The molecule has 0 saturated heterocycles. The fourth-order valence-electron chi connectivity index (χ4n) is 2.30. The summed E-state index contributed by atoms with van der Waals surface area (Å²) in [5.41, 5.74) is 1.10. The second-order valence-corrected chi connectivity index (χ2v) is 4.62. The van der Waals surface area contributed by atoms with E-state index < -0.39 is 11.6 Å². The van der Waals surface area contributed by atoms with Gasteiger partial charge in [0.15, 0.2) is 0 Å². The maximum absolute atomic E-state index is 13.1. The molecule has 92 valence electrons.